The summed E-state index contributed by atoms with van der Waals surface area (Å²) in [5.74, 6) is 0.0674. The highest BCUT2D eigenvalue weighted by atomic mass is 16.1. The number of Topliss-reactive ketones (excluding diaryl/α,β-unsaturated/α-hetero) is 1. The Hall–Kier alpha value is -1.29. The summed E-state index contributed by atoms with van der Waals surface area (Å²) in [4.78, 5) is 19.7. The number of nitrogens with zero attached hydrogens (tertiary/aromatic N) is 2. The van der Waals surface area contributed by atoms with Crippen LogP contribution in [0.4, 0.5) is 0 Å². The van der Waals surface area contributed by atoms with Gasteiger partial charge in [-0.2, -0.15) is 0 Å². The van der Waals surface area contributed by atoms with E-state index in [4.69, 9.17) is 0 Å². The van der Waals surface area contributed by atoms with Crippen molar-refractivity contribution in [1.82, 2.24) is 15.3 Å². The summed E-state index contributed by atoms with van der Waals surface area (Å²) in [5.41, 5.74) is 0.465. The largest absolute Gasteiger partial charge is 0.307 e. The normalized spacial score (nSPS) is 21.9. The fourth-order valence-electron chi connectivity index (χ4n) is 1.68. The quantitative estimate of drug-likeness (QED) is 0.702. The topological polar surface area (TPSA) is 54.9 Å². The van der Waals surface area contributed by atoms with Crippen LogP contribution in [0.15, 0.2) is 18.6 Å². The molecule has 0 spiro atoms. The summed E-state index contributed by atoms with van der Waals surface area (Å²) in [6.07, 6.45) is 7.84. The fourth-order valence-corrected chi connectivity index (χ4v) is 1.68. The van der Waals surface area contributed by atoms with Crippen molar-refractivity contribution in [3.63, 3.8) is 0 Å². The fraction of sp³-hybridized carbons (Fsp3) is 0.500. The highest BCUT2D eigenvalue weighted by Crippen LogP contribution is 2.10. The molecule has 1 aromatic rings. The lowest BCUT2D eigenvalue weighted by Crippen LogP contribution is -2.40. The van der Waals surface area contributed by atoms with E-state index in [2.05, 4.69) is 15.3 Å². The lowest BCUT2D eigenvalue weighted by molar-refractivity contribution is 0.0921. The van der Waals surface area contributed by atoms with E-state index in [9.17, 15) is 4.79 Å². The van der Waals surface area contributed by atoms with E-state index in [0.29, 0.717) is 5.69 Å². The molecule has 4 heteroatoms. The van der Waals surface area contributed by atoms with E-state index < -0.39 is 0 Å². The minimum absolute atomic E-state index is 0.0551. The Balaban J connectivity index is 2.07. The molecular formula is C10H13N3O. The number of aromatic nitrogens is 2. The van der Waals surface area contributed by atoms with Gasteiger partial charge >= 0.3 is 0 Å². The highest BCUT2D eigenvalue weighted by Gasteiger charge is 2.22. The Bertz CT molecular complexity index is 306. The van der Waals surface area contributed by atoms with Crippen molar-refractivity contribution in [2.45, 2.75) is 25.3 Å². The van der Waals surface area contributed by atoms with E-state index in [1.807, 2.05) is 0 Å². The molecule has 1 aliphatic rings. The van der Waals surface area contributed by atoms with Gasteiger partial charge in [-0.15, -0.1) is 0 Å². The van der Waals surface area contributed by atoms with Crippen molar-refractivity contribution >= 4 is 5.78 Å². The van der Waals surface area contributed by atoms with Gasteiger partial charge in [-0.3, -0.25) is 9.78 Å². The first-order chi connectivity index (χ1) is 6.88. The number of carbonyl (C=O) groups excluding carboxylic acids is 1. The second kappa shape index (κ2) is 4.28. The molecular weight excluding hydrogens is 178 g/mol. The van der Waals surface area contributed by atoms with Gasteiger partial charge in [0.05, 0.1) is 12.2 Å². The van der Waals surface area contributed by atoms with E-state index in [-0.39, 0.29) is 11.8 Å². The van der Waals surface area contributed by atoms with Crippen molar-refractivity contribution in [2.75, 3.05) is 6.54 Å². The number of hydrogen-bond donors (Lipinski definition) is 1. The molecule has 1 N–H and O–H groups in total. The SMILES string of the molecule is O=C(c1cnccn1)C1CCCCN1. The molecule has 2 heterocycles. The Morgan fingerprint density at radius 2 is 2.36 bits per heavy atom. The molecule has 1 atom stereocenters. The summed E-state index contributed by atoms with van der Waals surface area (Å²) < 4.78 is 0. The van der Waals surface area contributed by atoms with E-state index in [1.165, 1.54) is 6.20 Å². The Kier molecular flexibility index (Phi) is 2.84. The molecule has 2 rings (SSSR count). The van der Waals surface area contributed by atoms with Crippen LogP contribution >= 0.6 is 0 Å². The number of nitrogens with one attached hydrogen (secondary N) is 1. The van der Waals surface area contributed by atoms with E-state index in [0.717, 1.165) is 25.8 Å². The smallest absolute Gasteiger partial charge is 0.199 e. The molecule has 4 nitrogen and oxygen atoms in total. The zero-order chi connectivity index (χ0) is 9.80. The molecule has 0 amide bonds. The van der Waals surface area contributed by atoms with Crippen LogP contribution in [-0.4, -0.2) is 28.3 Å². The van der Waals surface area contributed by atoms with Crippen molar-refractivity contribution < 1.29 is 4.79 Å². The van der Waals surface area contributed by atoms with Crippen LogP contribution in [0.25, 0.3) is 0 Å². The van der Waals surface area contributed by atoms with Gasteiger partial charge in [-0.05, 0) is 19.4 Å². The van der Waals surface area contributed by atoms with Gasteiger partial charge in [0.1, 0.15) is 5.69 Å². The van der Waals surface area contributed by atoms with Crippen LogP contribution in [0.2, 0.25) is 0 Å². The van der Waals surface area contributed by atoms with Crippen molar-refractivity contribution in [3.05, 3.63) is 24.3 Å². The average molecular weight is 191 g/mol. The highest BCUT2D eigenvalue weighted by molar-refractivity contribution is 5.98. The summed E-state index contributed by atoms with van der Waals surface area (Å²) in [5, 5.41) is 3.20. The van der Waals surface area contributed by atoms with Gasteiger partial charge in [0.2, 0.25) is 0 Å². The first kappa shape index (κ1) is 9.27. The summed E-state index contributed by atoms with van der Waals surface area (Å²) in [6, 6.07) is -0.0551. The molecule has 0 bridgehead atoms. The third-order valence-electron chi connectivity index (χ3n) is 2.44. The average Bonchev–Trinajstić information content (AvgIpc) is 2.30. The third kappa shape index (κ3) is 1.96. The predicted octanol–water partition coefficient (Wildman–Crippen LogP) is 0.801. The number of ketones is 1. The van der Waals surface area contributed by atoms with Gasteiger partial charge < -0.3 is 5.32 Å². The molecule has 0 aromatic carbocycles. The van der Waals surface area contributed by atoms with Crippen LogP contribution in [0.5, 0.6) is 0 Å². The predicted molar refractivity (Wildman–Crippen MR) is 52.0 cm³/mol. The van der Waals surface area contributed by atoms with Crippen molar-refractivity contribution in [1.29, 1.82) is 0 Å². The number of hydrogen-bond acceptors (Lipinski definition) is 4. The number of rotatable bonds is 2. The lowest BCUT2D eigenvalue weighted by atomic mass is 10.00. The van der Waals surface area contributed by atoms with Crippen LogP contribution in [0, 0.1) is 0 Å². The molecule has 1 saturated heterocycles. The zero-order valence-electron chi connectivity index (χ0n) is 7.94. The van der Waals surface area contributed by atoms with Crippen LogP contribution in [-0.2, 0) is 0 Å². The second-order valence-electron chi connectivity index (χ2n) is 3.46. The maximum Gasteiger partial charge on any atom is 0.199 e. The third-order valence-corrected chi connectivity index (χ3v) is 2.44. The monoisotopic (exact) mass is 191 g/mol. The van der Waals surface area contributed by atoms with E-state index >= 15 is 0 Å². The van der Waals surface area contributed by atoms with Crippen LogP contribution in [0.3, 0.4) is 0 Å². The second-order valence-corrected chi connectivity index (χ2v) is 3.46. The molecule has 0 aliphatic carbocycles. The standard InChI is InChI=1S/C10H13N3O/c14-10(8-3-1-2-4-12-8)9-7-11-5-6-13-9/h5-8,12H,1-4H2. The maximum absolute atomic E-state index is 11.8. The Labute approximate surface area is 82.8 Å². The van der Waals surface area contributed by atoms with Gasteiger partial charge in [0, 0.05) is 12.4 Å². The molecule has 1 aromatic heterocycles. The molecule has 74 valence electrons. The number of piperidine rings is 1. The Morgan fingerprint density at radius 1 is 1.43 bits per heavy atom. The van der Waals surface area contributed by atoms with Gasteiger partial charge in [-0.1, -0.05) is 6.42 Å². The Morgan fingerprint density at radius 3 is 3.00 bits per heavy atom. The van der Waals surface area contributed by atoms with Crippen LogP contribution < -0.4 is 5.32 Å². The van der Waals surface area contributed by atoms with Crippen LogP contribution in [0.1, 0.15) is 29.8 Å². The molecule has 1 unspecified atom stereocenters. The van der Waals surface area contributed by atoms with Gasteiger partial charge in [0.25, 0.3) is 0 Å². The lowest BCUT2D eigenvalue weighted by Gasteiger charge is -2.21. The van der Waals surface area contributed by atoms with Gasteiger partial charge in [-0.25, -0.2) is 4.98 Å². The van der Waals surface area contributed by atoms with Gasteiger partial charge in [0.15, 0.2) is 5.78 Å². The summed E-state index contributed by atoms with van der Waals surface area (Å²) in [6.45, 7) is 0.927. The first-order valence-electron chi connectivity index (χ1n) is 4.91. The van der Waals surface area contributed by atoms with Crippen molar-refractivity contribution in [3.8, 4) is 0 Å². The molecule has 0 radical (unpaired) electrons. The van der Waals surface area contributed by atoms with Crippen molar-refractivity contribution in [2.24, 2.45) is 0 Å². The molecule has 14 heavy (non-hydrogen) atoms. The molecule has 1 fully saturated rings. The molecule has 1 aliphatic heterocycles. The summed E-state index contributed by atoms with van der Waals surface area (Å²) in [7, 11) is 0. The minimum Gasteiger partial charge on any atom is -0.307 e. The number of carbonyl (C=O) groups is 1. The maximum atomic E-state index is 11.8. The van der Waals surface area contributed by atoms with E-state index in [1.54, 1.807) is 12.4 Å². The summed E-state index contributed by atoms with van der Waals surface area (Å²) >= 11 is 0. The minimum atomic E-state index is -0.0551. The zero-order valence-corrected chi connectivity index (χ0v) is 7.94. The first-order valence-corrected chi connectivity index (χ1v) is 4.91. The molecule has 0 saturated carbocycles.